The molecule has 7 heteroatoms. The highest BCUT2D eigenvalue weighted by atomic mass is 35.5. The van der Waals surface area contributed by atoms with Gasteiger partial charge in [0.1, 0.15) is 11.2 Å². The second-order valence-electron chi connectivity index (χ2n) is 2.56. The number of hydrogen-bond donors (Lipinski definition) is 1. The maximum Gasteiger partial charge on any atom is 0.276 e. The summed E-state index contributed by atoms with van der Waals surface area (Å²) in [7, 11) is 0. The van der Waals surface area contributed by atoms with Crippen molar-refractivity contribution in [1.82, 2.24) is 15.2 Å². The van der Waals surface area contributed by atoms with Crippen molar-refractivity contribution in [2.45, 2.75) is 0 Å². The Morgan fingerprint density at radius 2 is 2.40 bits per heavy atom. The van der Waals surface area contributed by atoms with Gasteiger partial charge < -0.3 is 0 Å². The summed E-state index contributed by atoms with van der Waals surface area (Å²) in [5.74, 6) is -0.353. The monoisotopic (exact) mass is 240 g/mol. The first-order chi connectivity index (χ1) is 7.25. The molecule has 0 saturated heterocycles. The first-order valence-electron chi connectivity index (χ1n) is 3.95. The molecule has 0 radical (unpaired) electrons. The highest BCUT2D eigenvalue weighted by molar-refractivity contribution is 7.13. The Bertz CT molecular complexity index is 473. The van der Waals surface area contributed by atoms with E-state index in [4.69, 9.17) is 11.6 Å². The molecule has 5 nitrogen and oxygen atoms in total. The molecule has 0 unspecified atom stereocenters. The summed E-state index contributed by atoms with van der Waals surface area (Å²) < 4.78 is 0. The maximum atomic E-state index is 11.6. The van der Waals surface area contributed by atoms with Gasteiger partial charge in [-0.3, -0.25) is 15.1 Å². The SMILES string of the molecule is O=C(Nc1nncs1)c1cc(Cl)ccn1. The predicted molar refractivity (Wildman–Crippen MR) is 57.1 cm³/mol. The van der Waals surface area contributed by atoms with Crippen LogP contribution in [0.15, 0.2) is 23.8 Å². The van der Waals surface area contributed by atoms with Crippen molar-refractivity contribution < 1.29 is 4.79 Å². The molecule has 0 aliphatic heterocycles. The van der Waals surface area contributed by atoms with Crippen LogP contribution in [-0.4, -0.2) is 21.1 Å². The average Bonchev–Trinajstić information content (AvgIpc) is 2.70. The normalized spacial score (nSPS) is 9.93. The van der Waals surface area contributed by atoms with Gasteiger partial charge in [-0.1, -0.05) is 22.9 Å². The Kier molecular flexibility index (Phi) is 2.89. The van der Waals surface area contributed by atoms with Crippen LogP contribution in [0.25, 0.3) is 0 Å². The van der Waals surface area contributed by atoms with Gasteiger partial charge in [-0.05, 0) is 12.1 Å². The highest BCUT2D eigenvalue weighted by Gasteiger charge is 2.09. The minimum absolute atomic E-state index is 0.248. The average molecular weight is 241 g/mol. The lowest BCUT2D eigenvalue weighted by Gasteiger charge is -1.99. The molecular formula is C8H5ClN4OS. The number of nitrogens with zero attached hydrogens (tertiary/aromatic N) is 3. The van der Waals surface area contributed by atoms with Gasteiger partial charge in [-0.15, -0.1) is 10.2 Å². The summed E-state index contributed by atoms with van der Waals surface area (Å²) in [6.07, 6.45) is 1.47. The van der Waals surface area contributed by atoms with Crippen molar-refractivity contribution >= 4 is 34.0 Å². The summed E-state index contributed by atoms with van der Waals surface area (Å²) >= 11 is 6.96. The van der Waals surface area contributed by atoms with Gasteiger partial charge in [0.2, 0.25) is 5.13 Å². The van der Waals surface area contributed by atoms with Gasteiger partial charge in [0.15, 0.2) is 0 Å². The van der Waals surface area contributed by atoms with Crippen molar-refractivity contribution in [1.29, 1.82) is 0 Å². The zero-order valence-electron chi connectivity index (χ0n) is 7.35. The van der Waals surface area contributed by atoms with Gasteiger partial charge in [0.05, 0.1) is 0 Å². The lowest BCUT2D eigenvalue weighted by molar-refractivity contribution is 0.102. The third-order valence-electron chi connectivity index (χ3n) is 1.54. The van der Waals surface area contributed by atoms with E-state index in [-0.39, 0.29) is 11.6 Å². The van der Waals surface area contributed by atoms with E-state index in [0.717, 1.165) is 0 Å². The quantitative estimate of drug-likeness (QED) is 0.870. The Labute approximate surface area is 94.1 Å². The summed E-state index contributed by atoms with van der Waals surface area (Å²) in [5.41, 5.74) is 1.78. The molecule has 0 aromatic carbocycles. The Balaban J connectivity index is 2.15. The minimum atomic E-state index is -0.353. The van der Waals surface area contributed by atoms with Gasteiger partial charge >= 0.3 is 0 Å². The third-order valence-corrected chi connectivity index (χ3v) is 2.38. The number of amides is 1. The largest absolute Gasteiger partial charge is 0.295 e. The number of halogens is 1. The number of rotatable bonds is 2. The molecule has 0 bridgehead atoms. The molecule has 76 valence electrons. The summed E-state index contributed by atoms with van der Waals surface area (Å²) in [6, 6.07) is 3.08. The van der Waals surface area contributed by atoms with Crippen LogP contribution in [0.2, 0.25) is 5.02 Å². The molecule has 2 aromatic heterocycles. The Hall–Kier alpha value is -1.53. The Morgan fingerprint density at radius 3 is 3.07 bits per heavy atom. The van der Waals surface area contributed by atoms with Crippen LogP contribution in [0.5, 0.6) is 0 Å². The van der Waals surface area contributed by atoms with E-state index in [1.807, 2.05) is 0 Å². The molecule has 1 N–H and O–H groups in total. The standard InChI is InChI=1S/C8H5ClN4OS/c9-5-1-2-10-6(3-5)7(14)12-8-13-11-4-15-8/h1-4H,(H,12,13,14). The second kappa shape index (κ2) is 4.33. The molecule has 0 fully saturated rings. The van der Waals surface area contributed by atoms with E-state index in [0.29, 0.717) is 10.2 Å². The lowest BCUT2D eigenvalue weighted by Crippen LogP contribution is -2.13. The highest BCUT2D eigenvalue weighted by Crippen LogP contribution is 2.12. The Morgan fingerprint density at radius 1 is 1.53 bits per heavy atom. The molecular weight excluding hydrogens is 236 g/mol. The summed E-state index contributed by atoms with van der Waals surface area (Å²) in [4.78, 5) is 15.5. The van der Waals surface area contributed by atoms with E-state index < -0.39 is 0 Å². The summed E-state index contributed by atoms with van der Waals surface area (Å²) in [5, 5.41) is 10.7. The number of pyridine rings is 1. The van der Waals surface area contributed by atoms with E-state index in [1.54, 1.807) is 6.07 Å². The molecule has 1 amide bonds. The van der Waals surface area contributed by atoms with E-state index >= 15 is 0 Å². The lowest BCUT2D eigenvalue weighted by atomic mass is 10.3. The fraction of sp³-hybridized carbons (Fsp3) is 0. The van der Waals surface area contributed by atoms with Crippen LogP contribution in [-0.2, 0) is 0 Å². The van der Waals surface area contributed by atoms with Crippen molar-refractivity contribution in [3.63, 3.8) is 0 Å². The van der Waals surface area contributed by atoms with Gasteiger partial charge in [-0.2, -0.15) is 0 Å². The van der Waals surface area contributed by atoms with E-state index in [9.17, 15) is 4.79 Å². The molecule has 0 atom stereocenters. The topological polar surface area (TPSA) is 67.8 Å². The van der Waals surface area contributed by atoms with Crippen LogP contribution in [0, 0.1) is 0 Å². The van der Waals surface area contributed by atoms with Crippen molar-refractivity contribution in [2.24, 2.45) is 0 Å². The molecule has 2 rings (SSSR count). The number of anilines is 1. The van der Waals surface area contributed by atoms with Crippen molar-refractivity contribution in [3.05, 3.63) is 34.6 Å². The number of hydrogen-bond acceptors (Lipinski definition) is 5. The fourth-order valence-corrected chi connectivity index (χ4v) is 1.52. The first kappa shape index (κ1) is 10.0. The number of nitrogens with one attached hydrogen (secondary N) is 1. The van der Waals surface area contributed by atoms with E-state index in [1.165, 1.54) is 29.1 Å². The minimum Gasteiger partial charge on any atom is -0.295 e. The first-order valence-corrected chi connectivity index (χ1v) is 5.20. The number of carbonyl (C=O) groups is 1. The number of carbonyl (C=O) groups excluding carboxylic acids is 1. The van der Waals surface area contributed by atoms with Gasteiger partial charge in [-0.25, -0.2) is 0 Å². The predicted octanol–water partition coefficient (Wildman–Crippen LogP) is 1.84. The van der Waals surface area contributed by atoms with Crippen LogP contribution < -0.4 is 5.32 Å². The zero-order valence-corrected chi connectivity index (χ0v) is 8.92. The number of aromatic nitrogens is 3. The molecule has 0 saturated carbocycles. The van der Waals surface area contributed by atoms with Crippen LogP contribution in [0.4, 0.5) is 5.13 Å². The summed E-state index contributed by atoms with van der Waals surface area (Å²) in [6.45, 7) is 0. The molecule has 0 aliphatic rings. The molecule has 2 heterocycles. The molecule has 0 spiro atoms. The fourth-order valence-electron chi connectivity index (χ4n) is 0.918. The molecule has 15 heavy (non-hydrogen) atoms. The van der Waals surface area contributed by atoms with Gasteiger partial charge in [0, 0.05) is 11.2 Å². The van der Waals surface area contributed by atoms with Crippen LogP contribution >= 0.6 is 22.9 Å². The van der Waals surface area contributed by atoms with E-state index in [2.05, 4.69) is 20.5 Å². The molecule has 0 aliphatic carbocycles. The van der Waals surface area contributed by atoms with Crippen LogP contribution in [0.3, 0.4) is 0 Å². The third kappa shape index (κ3) is 2.48. The van der Waals surface area contributed by atoms with Crippen molar-refractivity contribution in [3.8, 4) is 0 Å². The van der Waals surface area contributed by atoms with Gasteiger partial charge in [0.25, 0.3) is 5.91 Å². The second-order valence-corrected chi connectivity index (χ2v) is 3.83. The van der Waals surface area contributed by atoms with Crippen LogP contribution in [0.1, 0.15) is 10.5 Å². The van der Waals surface area contributed by atoms with Crippen molar-refractivity contribution in [2.75, 3.05) is 5.32 Å². The smallest absolute Gasteiger partial charge is 0.276 e. The maximum absolute atomic E-state index is 11.6. The molecule has 2 aromatic rings. The zero-order chi connectivity index (χ0) is 10.7.